The van der Waals surface area contributed by atoms with Crippen molar-refractivity contribution in [2.24, 2.45) is 0 Å². The molecular formula is C18H25N3O. The second-order valence-electron chi connectivity index (χ2n) is 6.25. The van der Waals surface area contributed by atoms with Gasteiger partial charge in [-0.2, -0.15) is 5.10 Å². The summed E-state index contributed by atoms with van der Waals surface area (Å²) in [6, 6.07) is 10.1. The number of nitrogens with one attached hydrogen (secondary N) is 1. The first kappa shape index (κ1) is 16.3. The molecule has 4 heteroatoms. The van der Waals surface area contributed by atoms with Gasteiger partial charge in [0.1, 0.15) is 0 Å². The Morgan fingerprint density at radius 2 is 1.82 bits per heavy atom. The van der Waals surface area contributed by atoms with Crippen molar-refractivity contribution in [1.29, 1.82) is 0 Å². The highest BCUT2D eigenvalue weighted by atomic mass is 16.1. The minimum atomic E-state index is 0.0114. The molecule has 1 aromatic heterocycles. The van der Waals surface area contributed by atoms with Gasteiger partial charge in [0.15, 0.2) is 0 Å². The molecule has 0 radical (unpaired) electrons. The van der Waals surface area contributed by atoms with Crippen molar-refractivity contribution in [3.63, 3.8) is 0 Å². The molecule has 0 bridgehead atoms. The lowest BCUT2D eigenvalue weighted by Gasteiger charge is -2.14. The van der Waals surface area contributed by atoms with Gasteiger partial charge in [-0.15, -0.1) is 0 Å². The van der Waals surface area contributed by atoms with E-state index in [1.165, 1.54) is 5.56 Å². The number of aryl methyl sites for hydroxylation is 2. The van der Waals surface area contributed by atoms with Crippen molar-refractivity contribution >= 4 is 11.6 Å². The zero-order valence-corrected chi connectivity index (χ0v) is 14.1. The normalized spacial score (nSPS) is 12.5. The number of rotatable bonds is 5. The zero-order valence-electron chi connectivity index (χ0n) is 14.1. The first-order valence-electron chi connectivity index (χ1n) is 7.79. The van der Waals surface area contributed by atoms with Gasteiger partial charge in [0, 0.05) is 17.8 Å². The van der Waals surface area contributed by atoms with Crippen LogP contribution in [0.1, 0.15) is 56.1 Å². The van der Waals surface area contributed by atoms with E-state index in [1.54, 1.807) is 0 Å². The molecule has 0 aliphatic rings. The number of hydrogen-bond donors (Lipinski definition) is 1. The minimum absolute atomic E-state index is 0.0114. The fraction of sp³-hybridized carbons (Fsp3) is 0.444. The van der Waals surface area contributed by atoms with Crippen molar-refractivity contribution in [1.82, 2.24) is 9.78 Å². The van der Waals surface area contributed by atoms with Crippen molar-refractivity contribution in [2.75, 3.05) is 5.32 Å². The Kier molecular flexibility index (Phi) is 5.01. The van der Waals surface area contributed by atoms with E-state index in [-0.39, 0.29) is 11.9 Å². The number of nitrogens with zero attached hydrogens (tertiary/aromatic N) is 2. The Morgan fingerprint density at radius 3 is 2.32 bits per heavy atom. The number of amides is 1. The quantitative estimate of drug-likeness (QED) is 0.898. The number of hydrogen-bond acceptors (Lipinski definition) is 2. The van der Waals surface area contributed by atoms with Gasteiger partial charge in [-0.3, -0.25) is 9.48 Å². The van der Waals surface area contributed by atoms with E-state index in [1.807, 2.05) is 43.7 Å². The summed E-state index contributed by atoms with van der Waals surface area (Å²) in [6.45, 7) is 10.3. The summed E-state index contributed by atoms with van der Waals surface area (Å²) in [5, 5.41) is 7.39. The monoisotopic (exact) mass is 299 g/mol. The van der Waals surface area contributed by atoms with E-state index in [2.05, 4.69) is 36.4 Å². The van der Waals surface area contributed by atoms with Crippen LogP contribution in [-0.4, -0.2) is 15.7 Å². The fourth-order valence-electron chi connectivity index (χ4n) is 2.61. The maximum atomic E-state index is 12.2. The highest BCUT2D eigenvalue weighted by Gasteiger charge is 2.14. The van der Waals surface area contributed by atoms with Crippen LogP contribution in [0, 0.1) is 13.8 Å². The van der Waals surface area contributed by atoms with E-state index in [0.717, 1.165) is 17.1 Å². The van der Waals surface area contributed by atoms with E-state index in [9.17, 15) is 4.79 Å². The summed E-state index contributed by atoms with van der Waals surface area (Å²) < 4.78 is 1.91. The lowest BCUT2D eigenvalue weighted by Crippen LogP contribution is -2.19. The molecule has 1 N–H and O–H groups in total. The topological polar surface area (TPSA) is 46.9 Å². The van der Waals surface area contributed by atoms with Crippen LogP contribution in [0.15, 0.2) is 30.3 Å². The SMILES string of the molecule is Cc1cc(C)n([C@@H](C)CC(=O)Nc2ccc(C(C)C)cc2)n1. The van der Waals surface area contributed by atoms with Crippen LogP contribution in [-0.2, 0) is 4.79 Å². The van der Waals surface area contributed by atoms with Crippen LogP contribution in [0.3, 0.4) is 0 Å². The Labute approximate surface area is 132 Å². The molecule has 2 aromatic rings. The molecular weight excluding hydrogens is 274 g/mol. The predicted octanol–water partition coefficient (Wildman–Crippen LogP) is 4.21. The molecule has 0 saturated heterocycles. The zero-order chi connectivity index (χ0) is 16.3. The number of carbonyl (C=O) groups excluding carboxylic acids is 1. The van der Waals surface area contributed by atoms with Crippen molar-refractivity contribution in [3.05, 3.63) is 47.3 Å². The van der Waals surface area contributed by atoms with E-state index in [0.29, 0.717) is 12.3 Å². The third-order valence-corrected chi connectivity index (χ3v) is 3.80. The molecule has 22 heavy (non-hydrogen) atoms. The Morgan fingerprint density at radius 1 is 1.18 bits per heavy atom. The standard InChI is InChI=1S/C18H25N3O/c1-12(2)16-6-8-17(9-7-16)19-18(22)11-15(5)21-14(4)10-13(3)20-21/h6-10,12,15H,11H2,1-5H3,(H,19,22)/t15-/m0/s1. The minimum Gasteiger partial charge on any atom is -0.326 e. The summed E-state index contributed by atoms with van der Waals surface area (Å²) in [6.07, 6.45) is 0.411. The molecule has 1 atom stereocenters. The van der Waals surface area contributed by atoms with Crippen molar-refractivity contribution < 1.29 is 4.79 Å². The highest BCUT2D eigenvalue weighted by molar-refractivity contribution is 5.90. The second-order valence-corrected chi connectivity index (χ2v) is 6.25. The molecule has 2 rings (SSSR count). The molecule has 1 heterocycles. The predicted molar refractivity (Wildman–Crippen MR) is 90.2 cm³/mol. The molecule has 0 saturated carbocycles. The third kappa shape index (κ3) is 3.97. The highest BCUT2D eigenvalue weighted by Crippen LogP contribution is 2.19. The number of carbonyl (C=O) groups is 1. The van der Waals surface area contributed by atoms with Crippen LogP contribution in [0.5, 0.6) is 0 Å². The largest absolute Gasteiger partial charge is 0.326 e. The summed E-state index contributed by atoms with van der Waals surface area (Å²) >= 11 is 0. The molecule has 0 unspecified atom stereocenters. The van der Waals surface area contributed by atoms with Crippen LogP contribution in [0.4, 0.5) is 5.69 Å². The maximum absolute atomic E-state index is 12.2. The smallest absolute Gasteiger partial charge is 0.226 e. The molecule has 118 valence electrons. The van der Waals surface area contributed by atoms with Gasteiger partial charge >= 0.3 is 0 Å². The van der Waals surface area contributed by atoms with Gasteiger partial charge in [0.25, 0.3) is 0 Å². The number of anilines is 1. The summed E-state index contributed by atoms with van der Waals surface area (Å²) in [5.41, 5.74) is 4.18. The Hall–Kier alpha value is -2.10. The average molecular weight is 299 g/mol. The first-order chi connectivity index (χ1) is 10.4. The van der Waals surface area contributed by atoms with Gasteiger partial charge in [-0.1, -0.05) is 26.0 Å². The Balaban J connectivity index is 1.96. The number of benzene rings is 1. The summed E-state index contributed by atoms with van der Waals surface area (Å²) in [7, 11) is 0. The number of aromatic nitrogens is 2. The Bertz CT molecular complexity index is 641. The van der Waals surface area contributed by atoms with E-state index >= 15 is 0 Å². The van der Waals surface area contributed by atoms with Crippen molar-refractivity contribution in [3.8, 4) is 0 Å². The lowest BCUT2D eigenvalue weighted by molar-refractivity contribution is -0.116. The van der Waals surface area contributed by atoms with Gasteiger partial charge < -0.3 is 5.32 Å². The van der Waals surface area contributed by atoms with Crippen molar-refractivity contribution in [2.45, 2.75) is 53.0 Å². The molecule has 0 fully saturated rings. The van der Waals surface area contributed by atoms with Crippen LogP contribution in [0.2, 0.25) is 0 Å². The first-order valence-corrected chi connectivity index (χ1v) is 7.79. The van der Waals surface area contributed by atoms with Crippen LogP contribution >= 0.6 is 0 Å². The van der Waals surface area contributed by atoms with E-state index < -0.39 is 0 Å². The average Bonchev–Trinajstić information content (AvgIpc) is 2.78. The third-order valence-electron chi connectivity index (χ3n) is 3.80. The molecule has 4 nitrogen and oxygen atoms in total. The van der Waals surface area contributed by atoms with Crippen LogP contribution < -0.4 is 5.32 Å². The maximum Gasteiger partial charge on any atom is 0.226 e. The fourth-order valence-corrected chi connectivity index (χ4v) is 2.61. The molecule has 0 aliphatic heterocycles. The molecule has 0 spiro atoms. The van der Waals surface area contributed by atoms with Gasteiger partial charge in [0.05, 0.1) is 11.7 Å². The van der Waals surface area contributed by atoms with Crippen LogP contribution in [0.25, 0.3) is 0 Å². The molecule has 1 amide bonds. The van der Waals surface area contributed by atoms with Gasteiger partial charge in [-0.05, 0) is 50.5 Å². The second kappa shape index (κ2) is 6.77. The summed E-state index contributed by atoms with van der Waals surface area (Å²) in [5.74, 6) is 0.508. The molecule has 1 aromatic carbocycles. The van der Waals surface area contributed by atoms with Gasteiger partial charge in [-0.25, -0.2) is 0 Å². The molecule has 0 aliphatic carbocycles. The van der Waals surface area contributed by atoms with Gasteiger partial charge in [0.2, 0.25) is 5.91 Å². The lowest BCUT2D eigenvalue weighted by atomic mass is 10.0. The summed E-state index contributed by atoms with van der Waals surface area (Å²) in [4.78, 5) is 12.2. The van der Waals surface area contributed by atoms with E-state index in [4.69, 9.17) is 0 Å².